The van der Waals surface area contributed by atoms with Crippen molar-refractivity contribution in [2.75, 3.05) is 5.73 Å². The zero-order chi connectivity index (χ0) is 11.5. The molecule has 4 heteroatoms. The normalized spacial score (nSPS) is 10.3. The van der Waals surface area contributed by atoms with E-state index < -0.39 is 0 Å². The quantitative estimate of drug-likeness (QED) is 0.622. The van der Waals surface area contributed by atoms with Crippen LogP contribution in [0.5, 0.6) is 0 Å². The highest BCUT2D eigenvalue weighted by atomic mass is 16.1. The Labute approximate surface area is 93.7 Å². The summed E-state index contributed by atoms with van der Waals surface area (Å²) < 4.78 is 1.84. The first-order chi connectivity index (χ1) is 7.66. The van der Waals surface area contributed by atoms with E-state index >= 15 is 0 Å². The first-order valence-electron chi connectivity index (χ1n) is 5.02. The molecule has 82 valence electrons. The molecule has 2 aromatic rings. The van der Waals surface area contributed by atoms with Crippen LogP contribution in [0.1, 0.15) is 16.2 Å². The number of imidazole rings is 1. The smallest absolute Gasteiger partial charge is 0.170 e. The number of hydrogen-bond acceptors (Lipinski definition) is 3. The van der Waals surface area contributed by atoms with Crippen LogP contribution in [0.2, 0.25) is 0 Å². The molecule has 0 atom stereocenters. The van der Waals surface area contributed by atoms with Gasteiger partial charge in [0, 0.05) is 30.7 Å². The highest BCUT2D eigenvalue weighted by Crippen LogP contribution is 2.09. The van der Waals surface area contributed by atoms with Gasteiger partial charge in [-0.1, -0.05) is 12.1 Å². The fourth-order valence-corrected chi connectivity index (χ4v) is 1.52. The van der Waals surface area contributed by atoms with E-state index in [2.05, 4.69) is 4.98 Å². The van der Waals surface area contributed by atoms with E-state index in [0.717, 1.165) is 5.82 Å². The SMILES string of the molecule is Cn1ccnc1CC(=O)c1cccc(N)c1. The van der Waals surface area contributed by atoms with Crippen molar-refractivity contribution in [3.63, 3.8) is 0 Å². The zero-order valence-corrected chi connectivity index (χ0v) is 9.05. The maximum Gasteiger partial charge on any atom is 0.170 e. The van der Waals surface area contributed by atoms with Crippen molar-refractivity contribution >= 4 is 11.5 Å². The van der Waals surface area contributed by atoms with E-state index in [1.165, 1.54) is 0 Å². The van der Waals surface area contributed by atoms with Gasteiger partial charge in [-0.15, -0.1) is 0 Å². The Morgan fingerprint density at radius 3 is 2.94 bits per heavy atom. The number of nitrogens with two attached hydrogens (primary N) is 1. The summed E-state index contributed by atoms with van der Waals surface area (Å²) in [6.07, 6.45) is 3.80. The maximum absolute atomic E-state index is 11.9. The van der Waals surface area contributed by atoms with Gasteiger partial charge in [-0.3, -0.25) is 4.79 Å². The van der Waals surface area contributed by atoms with Crippen LogP contribution >= 0.6 is 0 Å². The minimum Gasteiger partial charge on any atom is -0.399 e. The standard InChI is InChI=1S/C12H13N3O/c1-15-6-5-14-12(15)8-11(16)9-3-2-4-10(13)7-9/h2-7H,8,13H2,1H3. The lowest BCUT2D eigenvalue weighted by Crippen LogP contribution is -2.08. The largest absolute Gasteiger partial charge is 0.399 e. The minimum atomic E-state index is 0.0293. The molecule has 0 bridgehead atoms. The summed E-state index contributed by atoms with van der Waals surface area (Å²) in [7, 11) is 1.87. The van der Waals surface area contributed by atoms with E-state index in [1.54, 1.807) is 30.5 Å². The van der Waals surface area contributed by atoms with Crippen molar-refractivity contribution < 1.29 is 4.79 Å². The molecule has 0 fully saturated rings. The van der Waals surface area contributed by atoms with Crippen LogP contribution in [0, 0.1) is 0 Å². The van der Waals surface area contributed by atoms with Gasteiger partial charge < -0.3 is 10.3 Å². The lowest BCUT2D eigenvalue weighted by Gasteiger charge is -2.02. The fourth-order valence-electron chi connectivity index (χ4n) is 1.52. The number of nitrogen functional groups attached to an aromatic ring is 1. The number of aromatic nitrogens is 2. The van der Waals surface area contributed by atoms with Gasteiger partial charge in [0.1, 0.15) is 5.82 Å². The topological polar surface area (TPSA) is 60.9 Å². The van der Waals surface area contributed by atoms with Crippen molar-refractivity contribution in [1.29, 1.82) is 0 Å². The molecule has 0 unspecified atom stereocenters. The van der Waals surface area contributed by atoms with E-state index in [9.17, 15) is 4.79 Å². The molecule has 0 aliphatic heterocycles. The third kappa shape index (κ3) is 2.11. The molecule has 1 aromatic carbocycles. The predicted octanol–water partition coefficient (Wildman–Crippen LogP) is 1.43. The van der Waals surface area contributed by atoms with Gasteiger partial charge in [0.15, 0.2) is 5.78 Å². The van der Waals surface area contributed by atoms with Crippen LogP contribution in [0.25, 0.3) is 0 Å². The molecule has 0 aliphatic carbocycles. The van der Waals surface area contributed by atoms with Crippen molar-refractivity contribution in [1.82, 2.24) is 9.55 Å². The molecular formula is C12H13N3O. The molecular weight excluding hydrogens is 202 g/mol. The summed E-state index contributed by atoms with van der Waals surface area (Å²) >= 11 is 0. The van der Waals surface area contributed by atoms with Crippen LogP contribution in [0.4, 0.5) is 5.69 Å². The molecule has 16 heavy (non-hydrogen) atoms. The van der Waals surface area contributed by atoms with Crippen molar-refractivity contribution in [3.8, 4) is 0 Å². The Morgan fingerprint density at radius 1 is 1.50 bits per heavy atom. The number of aryl methyl sites for hydroxylation is 1. The number of anilines is 1. The van der Waals surface area contributed by atoms with Crippen LogP contribution < -0.4 is 5.73 Å². The molecule has 0 radical (unpaired) electrons. The van der Waals surface area contributed by atoms with Crippen LogP contribution in [0.15, 0.2) is 36.7 Å². The van der Waals surface area contributed by atoms with E-state index in [-0.39, 0.29) is 5.78 Å². The number of nitrogens with zero attached hydrogens (tertiary/aromatic N) is 2. The molecule has 2 N–H and O–H groups in total. The molecule has 1 heterocycles. The number of Topliss-reactive ketones (excluding diaryl/α,β-unsaturated/α-hetero) is 1. The number of ketones is 1. The highest BCUT2D eigenvalue weighted by molar-refractivity contribution is 5.97. The molecule has 0 aliphatic rings. The fraction of sp³-hybridized carbons (Fsp3) is 0.167. The number of carbonyl (C=O) groups is 1. The lowest BCUT2D eigenvalue weighted by molar-refractivity contribution is 0.0990. The Morgan fingerprint density at radius 2 is 2.31 bits per heavy atom. The van der Waals surface area contributed by atoms with Crippen molar-refractivity contribution in [2.24, 2.45) is 7.05 Å². The summed E-state index contributed by atoms with van der Waals surface area (Å²) in [6.45, 7) is 0. The lowest BCUT2D eigenvalue weighted by atomic mass is 10.1. The van der Waals surface area contributed by atoms with Gasteiger partial charge in [-0.2, -0.15) is 0 Å². The summed E-state index contributed by atoms with van der Waals surface area (Å²) in [5.74, 6) is 0.786. The first-order valence-corrected chi connectivity index (χ1v) is 5.02. The second-order valence-electron chi connectivity index (χ2n) is 3.68. The Kier molecular flexibility index (Phi) is 2.72. The van der Waals surface area contributed by atoms with Gasteiger partial charge in [-0.05, 0) is 12.1 Å². The second-order valence-corrected chi connectivity index (χ2v) is 3.68. The summed E-state index contributed by atoms with van der Waals surface area (Å²) in [5, 5.41) is 0. The van der Waals surface area contributed by atoms with Gasteiger partial charge in [0.05, 0.1) is 6.42 Å². The first kappa shape index (κ1) is 10.4. The molecule has 0 saturated carbocycles. The highest BCUT2D eigenvalue weighted by Gasteiger charge is 2.09. The van der Waals surface area contributed by atoms with Crippen LogP contribution in [-0.4, -0.2) is 15.3 Å². The Balaban J connectivity index is 2.18. The van der Waals surface area contributed by atoms with Crippen LogP contribution in [-0.2, 0) is 13.5 Å². The summed E-state index contributed by atoms with van der Waals surface area (Å²) in [5.41, 5.74) is 6.86. The average Bonchev–Trinajstić information content (AvgIpc) is 2.64. The predicted molar refractivity (Wildman–Crippen MR) is 62.1 cm³/mol. The minimum absolute atomic E-state index is 0.0293. The summed E-state index contributed by atoms with van der Waals surface area (Å²) in [6, 6.07) is 6.99. The number of rotatable bonds is 3. The number of carbonyl (C=O) groups excluding carboxylic acids is 1. The maximum atomic E-state index is 11.9. The monoisotopic (exact) mass is 215 g/mol. The van der Waals surface area contributed by atoms with E-state index in [0.29, 0.717) is 17.7 Å². The van der Waals surface area contributed by atoms with Gasteiger partial charge in [0.25, 0.3) is 0 Å². The summed E-state index contributed by atoms with van der Waals surface area (Å²) in [4.78, 5) is 16.0. The Bertz CT molecular complexity index is 516. The van der Waals surface area contributed by atoms with Crippen molar-refractivity contribution in [3.05, 3.63) is 48.0 Å². The molecule has 1 aromatic heterocycles. The van der Waals surface area contributed by atoms with E-state index in [1.807, 2.05) is 17.8 Å². The molecule has 2 rings (SSSR count). The molecule has 4 nitrogen and oxygen atoms in total. The number of hydrogen-bond donors (Lipinski definition) is 1. The van der Waals surface area contributed by atoms with Crippen molar-refractivity contribution in [2.45, 2.75) is 6.42 Å². The van der Waals surface area contributed by atoms with E-state index in [4.69, 9.17) is 5.73 Å². The van der Waals surface area contributed by atoms with Gasteiger partial charge >= 0.3 is 0 Å². The van der Waals surface area contributed by atoms with Gasteiger partial charge in [-0.25, -0.2) is 4.98 Å². The molecule has 0 saturated heterocycles. The van der Waals surface area contributed by atoms with Gasteiger partial charge in [0.2, 0.25) is 0 Å². The molecule has 0 spiro atoms. The third-order valence-corrected chi connectivity index (χ3v) is 2.45. The second kappa shape index (κ2) is 4.18. The average molecular weight is 215 g/mol. The third-order valence-electron chi connectivity index (χ3n) is 2.45. The zero-order valence-electron chi connectivity index (χ0n) is 9.05. The number of benzene rings is 1. The van der Waals surface area contributed by atoms with Crippen LogP contribution in [0.3, 0.4) is 0 Å². The molecule has 0 amide bonds. The Hall–Kier alpha value is -2.10.